The second kappa shape index (κ2) is 6.14. The van der Waals surface area contributed by atoms with Crippen molar-refractivity contribution in [1.29, 1.82) is 0 Å². The third-order valence-corrected chi connectivity index (χ3v) is 5.35. The number of sulfonamides is 1. The van der Waals surface area contributed by atoms with Crippen LogP contribution in [0.2, 0.25) is 0 Å². The van der Waals surface area contributed by atoms with Gasteiger partial charge < -0.3 is 4.90 Å². The average Bonchev–Trinajstić information content (AvgIpc) is 2.81. The van der Waals surface area contributed by atoms with Crippen LogP contribution >= 0.6 is 0 Å². The summed E-state index contributed by atoms with van der Waals surface area (Å²) in [6.45, 7) is 1.12. The van der Waals surface area contributed by atoms with E-state index in [9.17, 15) is 13.2 Å². The minimum Gasteiger partial charge on any atom is -0.338 e. The third kappa shape index (κ3) is 3.52. The summed E-state index contributed by atoms with van der Waals surface area (Å²) < 4.78 is 27.2. The van der Waals surface area contributed by atoms with E-state index < -0.39 is 10.0 Å². The normalized spacial score (nSPS) is 19.5. The number of aryl methyl sites for hydroxylation is 1. The summed E-state index contributed by atoms with van der Waals surface area (Å²) in [5.41, 5.74) is 1.83. The minimum absolute atomic E-state index is 0.133. The minimum atomic E-state index is -3.38. The Balaban J connectivity index is 1.80. The zero-order chi connectivity index (χ0) is 16.6. The van der Waals surface area contributed by atoms with E-state index in [0.29, 0.717) is 25.3 Å². The zero-order valence-electron chi connectivity index (χ0n) is 13.7. The molecule has 128 valence electrons. The predicted molar refractivity (Wildman–Crippen MR) is 87.4 cm³/mol. The molecule has 0 bridgehead atoms. The first-order valence-corrected chi connectivity index (χ1v) is 10.1. The SMILES string of the molecule is Cn1nc(NS(C)(=O)=O)c2c1CCN(C(=O)C1CCCCC1)C2. The molecule has 1 aliphatic carbocycles. The number of carbonyl (C=O) groups is 1. The first-order chi connectivity index (χ1) is 10.8. The molecular weight excluding hydrogens is 316 g/mol. The van der Waals surface area contributed by atoms with Crippen molar-refractivity contribution < 1.29 is 13.2 Å². The lowest BCUT2D eigenvalue weighted by molar-refractivity contribution is -0.137. The molecule has 3 rings (SSSR count). The molecule has 8 heteroatoms. The quantitative estimate of drug-likeness (QED) is 0.898. The van der Waals surface area contributed by atoms with Crippen molar-refractivity contribution in [2.24, 2.45) is 13.0 Å². The Kier molecular flexibility index (Phi) is 4.35. The van der Waals surface area contributed by atoms with Crippen molar-refractivity contribution in [3.63, 3.8) is 0 Å². The molecule has 0 spiro atoms. The Hall–Kier alpha value is -1.57. The lowest BCUT2D eigenvalue weighted by Crippen LogP contribution is -2.40. The molecule has 0 saturated heterocycles. The van der Waals surface area contributed by atoms with E-state index in [0.717, 1.165) is 43.2 Å². The highest BCUT2D eigenvalue weighted by molar-refractivity contribution is 7.92. The van der Waals surface area contributed by atoms with Gasteiger partial charge in [-0.1, -0.05) is 19.3 Å². The van der Waals surface area contributed by atoms with E-state index in [4.69, 9.17) is 0 Å². The van der Waals surface area contributed by atoms with Crippen LogP contribution in [0.1, 0.15) is 43.4 Å². The monoisotopic (exact) mass is 340 g/mol. The largest absolute Gasteiger partial charge is 0.338 e. The number of carbonyl (C=O) groups excluding carboxylic acids is 1. The highest BCUT2D eigenvalue weighted by Gasteiger charge is 2.31. The van der Waals surface area contributed by atoms with Gasteiger partial charge in [0.2, 0.25) is 15.9 Å². The number of fused-ring (bicyclic) bond motifs is 1. The summed E-state index contributed by atoms with van der Waals surface area (Å²) in [5, 5.41) is 4.27. The van der Waals surface area contributed by atoms with E-state index in [-0.39, 0.29) is 11.8 Å². The van der Waals surface area contributed by atoms with Gasteiger partial charge in [0.1, 0.15) is 0 Å². The van der Waals surface area contributed by atoms with Gasteiger partial charge in [-0.25, -0.2) is 8.42 Å². The fourth-order valence-corrected chi connectivity index (χ4v) is 4.16. The van der Waals surface area contributed by atoms with Crippen LogP contribution in [0.15, 0.2) is 0 Å². The van der Waals surface area contributed by atoms with Gasteiger partial charge in [-0.2, -0.15) is 5.10 Å². The average molecular weight is 340 g/mol. The number of nitrogens with zero attached hydrogens (tertiary/aromatic N) is 3. The molecule has 0 unspecified atom stereocenters. The topological polar surface area (TPSA) is 84.3 Å². The molecule has 1 aromatic rings. The maximum Gasteiger partial charge on any atom is 0.231 e. The molecule has 2 heterocycles. The Morgan fingerprint density at radius 1 is 1.26 bits per heavy atom. The van der Waals surface area contributed by atoms with Crippen LogP contribution in [0.3, 0.4) is 0 Å². The number of nitrogens with one attached hydrogen (secondary N) is 1. The van der Waals surface area contributed by atoms with Crippen LogP contribution in [-0.4, -0.2) is 41.8 Å². The standard InChI is InChI=1S/C15H24N4O3S/c1-18-13-8-9-19(15(20)11-6-4-3-5-7-11)10-12(13)14(16-18)17-23(2,21)22/h11H,3-10H2,1-2H3,(H,16,17). The number of aromatic nitrogens is 2. The molecule has 1 saturated carbocycles. The van der Waals surface area contributed by atoms with Crippen molar-refractivity contribution in [3.05, 3.63) is 11.3 Å². The maximum atomic E-state index is 12.7. The summed E-state index contributed by atoms with van der Waals surface area (Å²) >= 11 is 0. The van der Waals surface area contributed by atoms with Crippen molar-refractivity contribution >= 4 is 21.7 Å². The van der Waals surface area contributed by atoms with Crippen molar-refractivity contribution in [3.8, 4) is 0 Å². The van der Waals surface area contributed by atoms with Gasteiger partial charge in [0.05, 0.1) is 12.8 Å². The molecule has 7 nitrogen and oxygen atoms in total. The fourth-order valence-electron chi connectivity index (χ4n) is 3.65. The number of amides is 1. The summed E-state index contributed by atoms with van der Waals surface area (Å²) in [6, 6.07) is 0. The van der Waals surface area contributed by atoms with E-state index >= 15 is 0 Å². The summed E-state index contributed by atoms with van der Waals surface area (Å²) in [4.78, 5) is 14.6. The molecule has 1 N–H and O–H groups in total. The van der Waals surface area contributed by atoms with Crippen LogP contribution in [0.25, 0.3) is 0 Å². The molecular formula is C15H24N4O3S. The molecule has 1 aromatic heterocycles. The van der Waals surface area contributed by atoms with Crippen LogP contribution in [0, 0.1) is 5.92 Å². The van der Waals surface area contributed by atoms with Crippen LogP contribution in [0.4, 0.5) is 5.82 Å². The van der Waals surface area contributed by atoms with Gasteiger partial charge in [0.15, 0.2) is 5.82 Å². The summed E-state index contributed by atoms with van der Waals surface area (Å²) in [7, 11) is -1.57. The number of rotatable bonds is 3. The lowest BCUT2D eigenvalue weighted by atomic mass is 9.88. The molecule has 2 aliphatic rings. The van der Waals surface area contributed by atoms with Gasteiger partial charge in [-0.05, 0) is 12.8 Å². The molecule has 0 atom stereocenters. The molecule has 23 heavy (non-hydrogen) atoms. The van der Waals surface area contributed by atoms with E-state index in [1.54, 1.807) is 4.68 Å². The second-order valence-electron chi connectivity index (χ2n) is 6.62. The summed E-state index contributed by atoms with van der Waals surface area (Å²) in [5.74, 6) is 0.698. The fraction of sp³-hybridized carbons (Fsp3) is 0.733. The number of hydrogen-bond donors (Lipinski definition) is 1. The first-order valence-electron chi connectivity index (χ1n) is 8.16. The Labute approximate surface area is 137 Å². The van der Waals surface area contributed by atoms with E-state index in [1.165, 1.54) is 6.42 Å². The Morgan fingerprint density at radius 2 is 1.96 bits per heavy atom. The molecule has 0 aromatic carbocycles. The van der Waals surface area contributed by atoms with Gasteiger partial charge in [-0.15, -0.1) is 0 Å². The van der Waals surface area contributed by atoms with Crippen LogP contribution in [0.5, 0.6) is 0 Å². The first kappa shape index (κ1) is 16.3. The van der Waals surface area contributed by atoms with Crippen molar-refractivity contribution in [2.75, 3.05) is 17.5 Å². The second-order valence-corrected chi connectivity index (χ2v) is 8.36. The molecule has 1 aliphatic heterocycles. The van der Waals surface area contributed by atoms with Crippen molar-refractivity contribution in [1.82, 2.24) is 14.7 Å². The summed E-state index contributed by atoms with van der Waals surface area (Å²) in [6.07, 6.45) is 7.25. The highest BCUT2D eigenvalue weighted by atomic mass is 32.2. The van der Waals surface area contributed by atoms with Crippen LogP contribution in [-0.2, 0) is 34.8 Å². The smallest absolute Gasteiger partial charge is 0.231 e. The van der Waals surface area contributed by atoms with Gasteiger partial charge in [0.25, 0.3) is 0 Å². The maximum absolute atomic E-state index is 12.7. The number of hydrogen-bond acceptors (Lipinski definition) is 4. The Morgan fingerprint density at radius 3 is 2.61 bits per heavy atom. The van der Waals surface area contributed by atoms with Gasteiger partial charge in [-0.3, -0.25) is 14.2 Å². The van der Waals surface area contributed by atoms with Gasteiger partial charge in [0, 0.05) is 37.2 Å². The zero-order valence-corrected chi connectivity index (χ0v) is 14.5. The highest BCUT2D eigenvalue weighted by Crippen LogP contribution is 2.30. The number of anilines is 1. The van der Waals surface area contributed by atoms with E-state index in [2.05, 4.69) is 9.82 Å². The van der Waals surface area contributed by atoms with E-state index in [1.807, 2.05) is 11.9 Å². The van der Waals surface area contributed by atoms with Crippen LogP contribution < -0.4 is 4.72 Å². The third-order valence-electron chi connectivity index (χ3n) is 4.79. The lowest BCUT2D eigenvalue weighted by Gasteiger charge is -2.32. The predicted octanol–water partition coefficient (Wildman–Crippen LogP) is 1.26. The molecule has 0 radical (unpaired) electrons. The Bertz CT molecular complexity index is 705. The molecule has 1 fully saturated rings. The van der Waals surface area contributed by atoms with Gasteiger partial charge >= 0.3 is 0 Å². The molecule has 1 amide bonds. The van der Waals surface area contributed by atoms with Crippen molar-refractivity contribution in [2.45, 2.75) is 45.1 Å².